The van der Waals surface area contributed by atoms with Gasteiger partial charge in [-0.05, 0) is 26.2 Å². The third kappa shape index (κ3) is 7.95. The first-order chi connectivity index (χ1) is 7.38. The summed E-state index contributed by atoms with van der Waals surface area (Å²) in [5, 5.41) is 8.53. The van der Waals surface area contributed by atoms with Gasteiger partial charge in [-0.1, -0.05) is 6.92 Å². The van der Waals surface area contributed by atoms with Crippen LogP contribution in [0.1, 0.15) is 33.1 Å². The summed E-state index contributed by atoms with van der Waals surface area (Å²) >= 11 is 0. The molecule has 5 N–H and O–H groups in total. The van der Waals surface area contributed by atoms with Gasteiger partial charge in [-0.3, -0.25) is 9.59 Å². The van der Waals surface area contributed by atoms with Gasteiger partial charge in [0.15, 0.2) is 0 Å². The van der Waals surface area contributed by atoms with Gasteiger partial charge in [-0.15, -0.1) is 12.4 Å². The Balaban J connectivity index is 0. The standard InChI is InChI=1S/C10H20N2O4.ClH/c1-3-6(2)16-10(15)8(12)5-4-7(11)9(13)14;/h6-8H,3-5,11-12H2,1-2H3,(H,13,14);1H. The van der Waals surface area contributed by atoms with Gasteiger partial charge in [0.25, 0.3) is 0 Å². The SMILES string of the molecule is CCC(C)OC(=O)C(N)CCC(N)C(=O)O.Cl. The van der Waals surface area contributed by atoms with Crippen molar-refractivity contribution in [2.75, 3.05) is 0 Å². The van der Waals surface area contributed by atoms with Gasteiger partial charge < -0.3 is 21.3 Å². The van der Waals surface area contributed by atoms with Crippen molar-refractivity contribution < 1.29 is 19.4 Å². The van der Waals surface area contributed by atoms with Crippen molar-refractivity contribution in [2.45, 2.75) is 51.3 Å². The number of aliphatic carboxylic acids is 1. The lowest BCUT2D eigenvalue weighted by molar-refractivity contribution is -0.150. The van der Waals surface area contributed by atoms with Crippen LogP contribution in [0.25, 0.3) is 0 Å². The van der Waals surface area contributed by atoms with Crippen LogP contribution in [-0.4, -0.2) is 35.2 Å². The van der Waals surface area contributed by atoms with Crippen molar-refractivity contribution in [1.82, 2.24) is 0 Å². The van der Waals surface area contributed by atoms with Crippen LogP contribution < -0.4 is 11.5 Å². The van der Waals surface area contributed by atoms with E-state index >= 15 is 0 Å². The molecule has 0 bridgehead atoms. The average Bonchev–Trinajstić information content (AvgIpc) is 2.24. The van der Waals surface area contributed by atoms with Crippen molar-refractivity contribution in [2.24, 2.45) is 11.5 Å². The average molecular weight is 269 g/mol. The lowest BCUT2D eigenvalue weighted by atomic mass is 10.1. The summed E-state index contributed by atoms with van der Waals surface area (Å²) in [7, 11) is 0. The number of esters is 1. The predicted octanol–water partition coefficient (Wildman–Crippen LogP) is 0.269. The molecule has 0 heterocycles. The molecular weight excluding hydrogens is 248 g/mol. The summed E-state index contributed by atoms with van der Waals surface area (Å²) in [6.45, 7) is 3.66. The Bertz CT molecular complexity index is 250. The first-order valence-corrected chi connectivity index (χ1v) is 5.32. The van der Waals surface area contributed by atoms with Crippen molar-refractivity contribution in [3.63, 3.8) is 0 Å². The Labute approximate surface area is 107 Å². The molecular formula is C10H21ClN2O4. The quantitative estimate of drug-likeness (QED) is 0.571. The van der Waals surface area contributed by atoms with Crippen LogP contribution >= 0.6 is 12.4 Å². The van der Waals surface area contributed by atoms with E-state index in [1.54, 1.807) is 6.92 Å². The molecule has 17 heavy (non-hydrogen) atoms. The van der Waals surface area contributed by atoms with Gasteiger partial charge in [0.2, 0.25) is 0 Å². The number of halogens is 1. The highest BCUT2D eigenvalue weighted by Gasteiger charge is 2.20. The molecule has 0 aliphatic heterocycles. The fourth-order valence-corrected chi connectivity index (χ4v) is 0.969. The van der Waals surface area contributed by atoms with Gasteiger partial charge >= 0.3 is 11.9 Å². The maximum Gasteiger partial charge on any atom is 0.323 e. The van der Waals surface area contributed by atoms with Crippen molar-refractivity contribution >= 4 is 24.3 Å². The molecule has 0 saturated carbocycles. The molecule has 3 atom stereocenters. The van der Waals surface area contributed by atoms with E-state index in [9.17, 15) is 9.59 Å². The summed E-state index contributed by atoms with van der Waals surface area (Å²) in [6.07, 6.45) is 0.911. The molecule has 0 aromatic rings. The van der Waals surface area contributed by atoms with Gasteiger partial charge in [0.05, 0.1) is 6.10 Å². The molecule has 0 radical (unpaired) electrons. The summed E-state index contributed by atoms with van der Waals surface area (Å²) < 4.78 is 5.00. The van der Waals surface area contributed by atoms with Crippen LogP contribution in [0.2, 0.25) is 0 Å². The second-order valence-electron chi connectivity index (χ2n) is 3.78. The molecule has 0 fully saturated rings. The Morgan fingerprint density at radius 1 is 1.24 bits per heavy atom. The molecule has 0 aromatic heterocycles. The van der Waals surface area contributed by atoms with Crippen LogP contribution in [-0.2, 0) is 14.3 Å². The highest BCUT2D eigenvalue weighted by molar-refractivity contribution is 5.85. The number of carboxylic acid groups (broad SMARTS) is 1. The number of carboxylic acids is 1. The van der Waals surface area contributed by atoms with Crippen molar-refractivity contribution in [3.8, 4) is 0 Å². The van der Waals surface area contributed by atoms with Crippen molar-refractivity contribution in [1.29, 1.82) is 0 Å². The minimum absolute atomic E-state index is 0. The molecule has 0 amide bonds. The molecule has 3 unspecified atom stereocenters. The maximum atomic E-state index is 11.4. The maximum absolute atomic E-state index is 11.4. The number of carbonyl (C=O) groups is 2. The minimum Gasteiger partial charge on any atom is -0.480 e. The zero-order valence-corrected chi connectivity index (χ0v) is 10.9. The van der Waals surface area contributed by atoms with Gasteiger partial charge in [0.1, 0.15) is 12.1 Å². The summed E-state index contributed by atoms with van der Waals surface area (Å²) in [4.78, 5) is 21.8. The van der Waals surface area contributed by atoms with E-state index in [0.717, 1.165) is 0 Å². The van der Waals surface area contributed by atoms with E-state index in [1.807, 2.05) is 6.92 Å². The van der Waals surface area contributed by atoms with E-state index in [-0.39, 0.29) is 31.4 Å². The number of hydrogen-bond donors (Lipinski definition) is 3. The van der Waals surface area contributed by atoms with Crippen LogP contribution in [0.5, 0.6) is 0 Å². The Hall–Kier alpha value is -0.850. The van der Waals surface area contributed by atoms with Gasteiger partial charge in [-0.25, -0.2) is 0 Å². The van der Waals surface area contributed by atoms with E-state index < -0.39 is 24.0 Å². The molecule has 0 spiro atoms. The summed E-state index contributed by atoms with van der Waals surface area (Å²) in [5.41, 5.74) is 10.8. The zero-order valence-electron chi connectivity index (χ0n) is 10.1. The molecule has 0 aliphatic carbocycles. The summed E-state index contributed by atoms with van der Waals surface area (Å²) in [6, 6.07) is -1.79. The zero-order chi connectivity index (χ0) is 12.7. The number of rotatable bonds is 7. The number of ether oxygens (including phenoxy) is 1. The minimum atomic E-state index is -1.09. The summed E-state index contributed by atoms with van der Waals surface area (Å²) in [5.74, 6) is -1.60. The first kappa shape index (κ1) is 18.5. The molecule has 0 saturated heterocycles. The smallest absolute Gasteiger partial charge is 0.323 e. The highest BCUT2D eigenvalue weighted by Crippen LogP contribution is 2.04. The molecule has 7 heteroatoms. The van der Waals surface area contributed by atoms with Gasteiger partial charge in [0, 0.05) is 0 Å². The van der Waals surface area contributed by atoms with E-state index in [1.165, 1.54) is 0 Å². The third-order valence-electron chi connectivity index (χ3n) is 2.30. The van der Waals surface area contributed by atoms with E-state index in [0.29, 0.717) is 6.42 Å². The first-order valence-electron chi connectivity index (χ1n) is 5.32. The fraction of sp³-hybridized carbons (Fsp3) is 0.800. The Morgan fingerprint density at radius 2 is 1.71 bits per heavy atom. The molecule has 0 aromatic carbocycles. The molecule has 102 valence electrons. The van der Waals surface area contributed by atoms with E-state index in [2.05, 4.69) is 0 Å². The van der Waals surface area contributed by atoms with E-state index in [4.69, 9.17) is 21.3 Å². The lowest BCUT2D eigenvalue weighted by Crippen LogP contribution is -2.37. The van der Waals surface area contributed by atoms with Gasteiger partial charge in [-0.2, -0.15) is 0 Å². The predicted molar refractivity (Wildman–Crippen MR) is 65.9 cm³/mol. The van der Waals surface area contributed by atoms with Crippen molar-refractivity contribution in [3.05, 3.63) is 0 Å². The second kappa shape index (κ2) is 9.21. The Morgan fingerprint density at radius 3 is 2.12 bits per heavy atom. The topological polar surface area (TPSA) is 116 Å². The number of carbonyl (C=O) groups excluding carboxylic acids is 1. The monoisotopic (exact) mass is 268 g/mol. The highest BCUT2D eigenvalue weighted by atomic mass is 35.5. The number of nitrogens with two attached hydrogens (primary N) is 2. The van der Waals surface area contributed by atoms with Crippen LogP contribution in [0.4, 0.5) is 0 Å². The Kier molecular flexibility index (Phi) is 10.0. The second-order valence-corrected chi connectivity index (χ2v) is 3.78. The van der Waals surface area contributed by atoms with Crippen LogP contribution in [0, 0.1) is 0 Å². The molecule has 0 rings (SSSR count). The third-order valence-corrected chi connectivity index (χ3v) is 2.30. The molecule has 6 nitrogen and oxygen atoms in total. The lowest BCUT2D eigenvalue weighted by Gasteiger charge is -2.16. The number of hydrogen-bond acceptors (Lipinski definition) is 5. The largest absolute Gasteiger partial charge is 0.480 e. The van der Waals surface area contributed by atoms with Crippen LogP contribution in [0.15, 0.2) is 0 Å². The molecule has 0 aliphatic rings. The van der Waals surface area contributed by atoms with Crippen LogP contribution in [0.3, 0.4) is 0 Å². The fourth-order valence-electron chi connectivity index (χ4n) is 0.969. The normalized spacial score (nSPS) is 15.3.